The van der Waals surface area contributed by atoms with Gasteiger partial charge in [-0.2, -0.15) is 5.10 Å². The maximum Gasteiger partial charge on any atom is 0.194 e. The smallest absolute Gasteiger partial charge is 0.194 e. The fourth-order valence-electron chi connectivity index (χ4n) is 1.37. The molecule has 2 aromatic rings. The molecule has 0 aromatic carbocycles. The zero-order chi connectivity index (χ0) is 13.0. The van der Waals surface area contributed by atoms with Gasteiger partial charge in [0.05, 0.1) is 7.11 Å². The Morgan fingerprint density at radius 1 is 1.33 bits per heavy atom. The summed E-state index contributed by atoms with van der Waals surface area (Å²) in [5, 5.41) is 8.59. The third-order valence-corrected chi connectivity index (χ3v) is 3.21. The molecule has 0 saturated heterocycles. The van der Waals surface area contributed by atoms with E-state index in [1.807, 2.05) is 14.0 Å². The number of hydrogen-bond acceptors (Lipinski definition) is 7. The van der Waals surface area contributed by atoms with Gasteiger partial charge in [0.15, 0.2) is 21.7 Å². The normalized spacial score (nSPS) is 10.4. The van der Waals surface area contributed by atoms with Crippen molar-refractivity contribution in [3.8, 4) is 5.75 Å². The van der Waals surface area contributed by atoms with Crippen LogP contribution in [0.2, 0.25) is 0 Å². The summed E-state index contributed by atoms with van der Waals surface area (Å²) in [6.07, 6.45) is 3.00. The lowest BCUT2D eigenvalue weighted by Gasteiger charge is -2.11. The van der Waals surface area contributed by atoms with Crippen LogP contribution in [0.4, 0.5) is 5.82 Å². The van der Waals surface area contributed by atoms with E-state index in [-0.39, 0.29) is 0 Å². The Morgan fingerprint density at radius 3 is 2.78 bits per heavy atom. The van der Waals surface area contributed by atoms with Crippen LogP contribution in [0, 0.1) is 0 Å². The zero-order valence-corrected chi connectivity index (χ0v) is 11.2. The van der Waals surface area contributed by atoms with Crippen molar-refractivity contribution in [3.05, 3.63) is 12.7 Å². The van der Waals surface area contributed by atoms with Crippen LogP contribution < -0.4 is 10.1 Å². The molecule has 2 heterocycles. The molecule has 7 nitrogen and oxygen atoms in total. The van der Waals surface area contributed by atoms with Crippen molar-refractivity contribution < 1.29 is 4.74 Å². The molecule has 0 atom stereocenters. The van der Waals surface area contributed by atoms with Crippen LogP contribution in [0.1, 0.15) is 6.92 Å². The van der Waals surface area contributed by atoms with Gasteiger partial charge in [0.1, 0.15) is 12.7 Å². The minimum atomic E-state index is 0.618. The molecule has 0 bridgehead atoms. The summed E-state index contributed by atoms with van der Waals surface area (Å²) >= 11 is 1.39. The molecule has 1 N–H and O–H groups in total. The molecule has 0 saturated carbocycles. The number of anilines is 1. The Hall–Kier alpha value is -1.83. The number of rotatable bonds is 5. The van der Waals surface area contributed by atoms with Crippen LogP contribution in [0.15, 0.2) is 22.8 Å². The van der Waals surface area contributed by atoms with E-state index < -0.39 is 0 Å². The van der Waals surface area contributed by atoms with E-state index >= 15 is 0 Å². The van der Waals surface area contributed by atoms with Gasteiger partial charge < -0.3 is 10.1 Å². The molecule has 8 heteroatoms. The lowest BCUT2D eigenvalue weighted by Crippen LogP contribution is -2.04. The first-order valence-corrected chi connectivity index (χ1v) is 6.22. The maximum absolute atomic E-state index is 5.35. The van der Waals surface area contributed by atoms with Gasteiger partial charge in [0, 0.05) is 13.6 Å². The molecule has 18 heavy (non-hydrogen) atoms. The Kier molecular flexibility index (Phi) is 3.98. The number of aryl methyl sites for hydroxylation is 1. The second kappa shape index (κ2) is 5.67. The second-order valence-electron chi connectivity index (χ2n) is 3.36. The highest BCUT2D eigenvalue weighted by atomic mass is 32.2. The first kappa shape index (κ1) is 12.6. The number of hydrogen-bond donors (Lipinski definition) is 1. The summed E-state index contributed by atoms with van der Waals surface area (Å²) in [4.78, 5) is 12.5. The lowest BCUT2D eigenvalue weighted by molar-refractivity contribution is 0.400. The third-order valence-electron chi connectivity index (χ3n) is 2.18. The number of aromatic nitrogens is 5. The fraction of sp³-hybridized carbons (Fsp3) is 0.400. The summed E-state index contributed by atoms with van der Waals surface area (Å²) in [5.74, 6) is 1.30. The minimum Gasteiger partial charge on any atom is -0.490 e. The second-order valence-corrected chi connectivity index (χ2v) is 4.32. The van der Waals surface area contributed by atoms with Gasteiger partial charge in [0.25, 0.3) is 0 Å². The Morgan fingerprint density at radius 2 is 2.17 bits per heavy atom. The van der Waals surface area contributed by atoms with E-state index in [9.17, 15) is 0 Å². The van der Waals surface area contributed by atoms with E-state index in [1.165, 1.54) is 24.4 Å². The van der Waals surface area contributed by atoms with Gasteiger partial charge in [-0.15, -0.1) is 0 Å². The average Bonchev–Trinajstić information content (AvgIpc) is 2.76. The van der Waals surface area contributed by atoms with Crippen molar-refractivity contribution >= 4 is 17.6 Å². The third kappa shape index (κ3) is 2.53. The average molecular weight is 266 g/mol. The van der Waals surface area contributed by atoms with E-state index in [0.29, 0.717) is 16.6 Å². The predicted molar refractivity (Wildman–Crippen MR) is 67.9 cm³/mol. The topological polar surface area (TPSA) is 77.8 Å². The van der Waals surface area contributed by atoms with Crippen LogP contribution in [-0.2, 0) is 7.05 Å². The molecule has 0 fully saturated rings. The van der Waals surface area contributed by atoms with Gasteiger partial charge in [0.2, 0.25) is 0 Å². The minimum absolute atomic E-state index is 0.618. The van der Waals surface area contributed by atoms with E-state index in [0.717, 1.165) is 11.7 Å². The summed E-state index contributed by atoms with van der Waals surface area (Å²) in [5.41, 5.74) is 0. The van der Waals surface area contributed by atoms with Gasteiger partial charge >= 0.3 is 0 Å². The highest BCUT2D eigenvalue weighted by Crippen LogP contribution is 2.35. The van der Waals surface area contributed by atoms with E-state index in [2.05, 4.69) is 25.4 Å². The van der Waals surface area contributed by atoms with E-state index in [1.54, 1.807) is 11.8 Å². The molecule has 0 spiro atoms. The monoisotopic (exact) mass is 266 g/mol. The first-order valence-electron chi connectivity index (χ1n) is 5.41. The van der Waals surface area contributed by atoms with Crippen molar-refractivity contribution in [2.24, 2.45) is 7.05 Å². The van der Waals surface area contributed by atoms with Gasteiger partial charge in [-0.1, -0.05) is 0 Å². The van der Waals surface area contributed by atoms with Crippen molar-refractivity contribution in [3.63, 3.8) is 0 Å². The van der Waals surface area contributed by atoms with Crippen LogP contribution in [0.3, 0.4) is 0 Å². The molecule has 0 radical (unpaired) electrons. The van der Waals surface area contributed by atoms with Crippen molar-refractivity contribution in [2.75, 3.05) is 19.0 Å². The van der Waals surface area contributed by atoms with Crippen LogP contribution in [0.25, 0.3) is 0 Å². The lowest BCUT2D eigenvalue weighted by atomic mass is 10.5. The molecule has 0 unspecified atom stereocenters. The van der Waals surface area contributed by atoms with Crippen LogP contribution >= 0.6 is 11.8 Å². The van der Waals surface area contributed by atoms with Crippen molar-refractivity contribution in [1.82, 2.24) is 24.7 Å². The Labute approximate surface area is 109 Å². The number of ether oxygens (including phenoxy) is 1. The molecule has 0 aliphatic rings. The fourth-order valence-corrected chi connectivity index (χ4v) is 2.20. The highest BCUT2D eigenvalue weighted by Gasteiger charge is 2.15. The van der Waals surface area contributed by atoms with Crippen molar-refractivity contribution in [1.29, 1.82) is 0 Å². The summed E-state index contributed by atoms with van der Waals surface area (Å²) in [6.45, 7) is 2.76. The quantitative estimate of drug-likeness (QED) is 0.814. The molecular weight excluding hydrogens is 252 g/mol. The van der Waals surface area contributed by atoms with Gasteiger partial charge in [-0.25, -0.2) is 19.6 Å². The molecule has 0 aliphatic heterocycles. The number of methoxy groups -OCH3 is 1. The molecular formula is C10H14N6OS. The SMILES string of the molecule is CCNc1ncnc(Sc2ncnn2C)c1OC. The standard InChI is InChI=1S/C10H14N6OS/c1-4-11-8-7(17-3)9(13-5-12-8)18-10-14-6-15-16(10)2/h5-6H,4H2,1-3H3,(H,11,12,13). The van der Waals surface area contributed by atoms with Gasteiger partial charge in [-0.05, 0) is 18.7 Å². The molecule has 0 aliphatic carbocycles. The van der Waals surface area contributed by atoms with Crippen LogP contribution in [-0.4, -0.2) is 38.4 Å². The summed E-state index contributed by atoms with van der Waals surface area (Å²) in [6, 6.07) is 0. The van der Waals surface area contributed by atoms with E-state index in [4.69, 9.17) is 4.74 Å². The molecule has 96 valence electrons. The van der Waals surface area contributed by atoms with Crippen LogP contribution in [0.5, 0.6) is 5.75 Å². The molecule has 2 rings (SSSR count). The Bertz CT molecular complexity index is 529. The number of nitrogens with one attached hydrogen (secondary N) is 1. The Balaban J connectivity index is 2.32. The first-order chi connectivity index (χ1) is 8.76. The van der Waals surface area contributed by atoms with Crippen molar-refractivity contribution in [2.45, 2.75) is 17.1 Å². The zero-order valence-electron chi connectivity index (χ0n) is 10.4. The molecule has 0 amide bonds. The maximum atomic E-state index is 5.35. The summed E-state index contributed by atoms with van der Waals surface area (Å²) < 4.78 is 7.03. The predicted octanol–water partition coefficient (Wildman–Crippen LogP) is 1.20. The highest BCUT2D eigenvalue weighted by molar-refractivity contribution is 7.99. The molecule has 2 aromatic heterocycles. The largest absolute Gasteiger partial charge is 0.490 e. The number of nitrogens with zero attached hydrogens (tertiary/aromatic N) is 5. The summed E-state index contributed by atoms with van der Waals surface area (Å²) in [7, 11) is 3.43. The van der Waals surface area contributed by atoms with Gasteiger partial charge in [-0.3, -0.25) is 0 Å².